The molecule has 0 aliphatic carbocycles. The van der Waals surface area contributed by atoms with Gasteiger partial charge in [-0.1, -0.05) is 29.8 Å². The van der Waals surface area contributed by atoms with E-state index in [9.17, 15) is 13.2 Å². The van der Waals surface area contributed by atoms with Gasteiger partial charge in [-0.05, 0) is 63.9 Å². The van der Waals surface area contributed by atoms with Crippen LogP contribution in [0.4, 0.5) is 4.79 Å². The summed E-state index contributed by atoms with van der Waals surface area (Å²) in [6.07, 6.45) is -0.139. The average Bonchev–Trinajstić information content (AvgIpc) is 2.81. The van der Waals surface area contributed by atoms with Gasteiger partial charge in [-0.25, -0.2) is 13.2 Å². The second-order valence-electron chi connectivity index (χ2n) is 8.60. The summed E-state index contributed by atoms with van der Waals surface area (Å²) in [5, 5.41) is -0.654. The summed E-state index contributed by atoms with van der Waals surface area (Å²) < 4.78 is 36.9. The minimum absolute atomic E-state index is 0.0848. The molecule has 1 aliphatic rings. The fourth-order valence-corrected chi connectivity index (χ4v) is 5.12. The Kier molecular flexibility index (Phi) is 6.41. The first kappa shape index (κ1) is 22.2. The highest BCUT2D eigenvalue weighted by atomic mass is 32.2. The van der Waals surface area contributed by atoms with Crippen LogP contribution in [0, 0.1) is 6.92 Å². The summed E-state index contributed by atoms with van der Waals surface area (Å²) in [6, 6.07) is 14.9. The van der Waals surface area contributed by atoms with Crippen LogP contribution in [0.1, 0.15) is 43.6 Å². The van der Waals surface area contributed by atoms with Gasteiger partial charge < -0.3 is 14.4 Å². The Hall–Kier alpha value is -2.54. The van der Waals surface area contributed by atoms with Crippen LogP contribution in [0.5, 0.6) is 11.5 Å². The highest BCUT2D eigenvalue weighted by Crippen LogP contribution is 2.32. The highest BCUT2D eigenvalue weighted by molar-refractivity contribution is 7.91. The van der Waals surface area contributed by atoms with Crippen molar-refractivity contribution in [3.8, 4) is 11.5 Å². The Morgan fingerprint density at radius 2 is 1.53 bits per heavy atom. The zero-order valence-corrected chi connectivity index (χ0v) is 18.7. The lowest BCUT2D eigenvalue weighted by atomic mass is 10.1. The quantitative estimate of drug-likeness (QED) is 0.692. The highest BCUT2D eigenvalue weighted by Gasteiger charge is 2.34. The predicted molar refractivity (Wildman–Crippen MR) is 117 cm³/mol. The maximum atomic E-state index is 12.9. The molecule has 0 radical (unpaired) electrons. The van der Waals surface area contributed by atoms with E-state index in [-0.39, 0.29) is 12.3 Å². The van der Waals surface area contributed by atoms with Crippen molar-refractivity contribution in [1.29, 1.82) is 0 Å². The number of ether oxygens (including phenoxy) is 2. The first-order valence-corrected chi connectivity index (χ1v) is 11.8. The Balaban J connectivity index is 1.71. The molecular formula is C23H29NO5S. The van der Waals surface area contributed by atoms with Crippen molar-refractivity contribution < 1.29 is 22.7 Å². The number of carbonyl (C=O) groups is 1. The normalized spacial score (nSPS) is 19.1. The second kappa shape index (κ2) is 8.68. The van der Waals surface area contributed by atoms with Crippen molar-refractivity contribution in [2.45, 2.75) is 45.0 Å². The summed E-state index contributed by atoms with van der Waals surface area (Å²) in [4.78, 5) is 13.8. The first-order chi connectivity index (χ1) is 14.0. The van der Waals surface area contributed by atoms with Gasteiger partial charge >= 0.3 is 6.09 Å². The lowest BCUT2D eigenvalue weighted by molar-refractivity contribution is 0.0263. The molecule has 162 valence electrons. The standard InChI is InChI=1S/C23H29NO5S/c1-17-5-9-19(10-6-17)28-20-11-7-18(8-12-20)21-13-14-24(15-16-30(21,26)27)22(25)29-23(2,3)4/h5-12,21H,13-16H2,1-4H3. The molecule has 2 aromatic rings. The van der Waals surface area contributed by atoms with Crippen LogP contribution in [-0.4, -0.2) is 43.9 Å². The Morgan fingerprint density at radius 1 is 0.967 bits per heavy atom. The number of sulfone groups is 1. The van der Waals surface area contributed by atoms with Gasteiger partial charge in [-0.15, -0.1) is 0 Å². The van der Waals surface area contributed by atoms with Crippen molar-refractivity contribution in [3.05, 3.63) is 59.7 Å². The molecular weight excluding hydrogens is 402 g/mol. The van der Waals surface area contributed by atoms with Crippen LogP contribution >= 0.6 is 0 Å². The second-order valence-corrected chi connectivity index (χ2v) is 10.9. The molecule has 1 fully saturated rings. The predicted octanol–water partition coefficient (Wildman–Crippen LogP) is 4.88. The van der Waals surface area contributed by atoms with E-state index in [0.29, 0.717) is 24.3 Å². The molecule has 0 saturated carbocycles. The van der Waals surface area contributed by atoms with Crippen LogP contribution in [0.2, 0.25) is 0 Å². The number of amides is 1. The minimum atomic E-state index is -3.39. The Bertz CT molecular complexity index is 976. The average molecular weight is 432 g/mol. The molecule has 0 bridgehead atoms. The lowest BCUT2D eigenvalue weighted by Crippen LogP contribution is -2.38. The van der Waals surface area contributed by atoms with E-state index in [4.69, 9.17) is 9.47 Å². The van der Waals surface area contributed by atoms with E-state index < -0.39 is 26.8 Å². The molecule has 1 saturated heterocycles. The van der Waals surface area contributed by atoms with E-state index in [0.717, 1.165) is 11.3 Å². The van der Waals surface area contributed by atoms with Gasteiger partial charge in [0.05, 0.1) is 11.0 Å². The van der Waals surface area contributed by atoms with Crippen molar-refractivity contribution in [1.82, 2.24) is 4.90 Å². The molecule has 0 N–H and O–H groups in total. The van der Waals surface area contributed by atoms with Crippen LogP contribution < -0.4 is 4.74 Å². The molecule has 2 aromatic carbocycles. The van der Waals surface area contributed by atoms with Gasteiger partial charge in [0.15, 0.2) is 9.84 Å². The minimum Gasteiger partial charge on any atom is -0.457 e. The van der Waals surface area contributed by atoms with Gasteiger partial charge in [-0.3, -0.25) is 0 Å². The fraction of sp³-hybridized carbons (Fsp3) is 0.435. The number of nitrogens with zero attached hydrogens (tertiary/aromatic N) is 1. The third kappa shape index (κ3) is 5.75. The maximum Gasteiger partial charge on any atom is 0.410 e. The van der Waals surface area contributed by atoms with Crippen molar-refractivity contribution in [3.63, 3.8) is 0 Å². The Labute approximate surface area is 178 Å². The topological polar surface area (TPSA) is 72.9 Å². The van der Waals surface area contributed by atoms with Crippen LogP contribution in [0.25, 0.3) is 0 Å². The molecule has 1 atom stereocenters. The number of aryl methyl sites for hydroxylation is 1. The summed E-state index contributed by atoms with van der Waals surface area (Å²) in [6.45, 7) is 7.87. The number of hydrogen-bond acceptors (Lipinski definition) is 5. The van der Waals surface area contributed by atoms with Crippen LogP contribution in [-0.2, 0) is 14.6 Å². The van der Waals surface area contributed by atoms with Gasteiger partial charge in [0.1, 0.15) is 17.1 Å². The molecule has 6 nitrogen and oxygen atoms in total. The number of carbonyl (C=O) groups excluding carboxylic acids is 1. The maximum absolute atomic E-state index is 12.9. The van der Waals surface area contributed by atoms with E-state index >= 15 is 0 Å². The monoisotopic (exact) mass is 431 g/mol. The SMILES string of the molecule is Cc1ccc(Oc2ccc(C3CCN(C(=O)OC(C)(C)C)CCS3(=O)=O)cc2)cc1. The molecule has 0 spiro atoms. The third-order valence-electron chi connectivity index (χ3n) is 4.90. The molecule has 7 heteroatoms. The van der Waals surface area contributed by atoms with Crippen LogP contribution in [0.3, 0.4) is 0 Å². The molecule has 30 heavy (non-hydrogen) atoms. The first-order valence-electron chi connectivity index (χ1n) is 10.1. The number of hydrogen-bond donors (Lipinski definition) is 0. The zero-order valence-electron chi connectivity index (χ0n) is 17.9. The van der Waals surface area contributed by atoms with Crippen LogP contribution in [0.15, 0.2) is 48.5 Å². The summed E-state index contributed by atoms with van der Waals surface area (Å²) in [5.74, 6) is 1.28. The van der Waals surface area contributed by atoms with Gasteiger partial charge in [0, 0.05) is 13.1 Å². The number of benzene rings is 2. The number of rotatable bonds is 3. The molecule has 1 unspecified atom stereocenters. The molecule has 1 aliphatic heterocycles. The summed E-state index contributed by atoms with van der Waals surface area (Å²) in [7, 11) is -3.39. The van der Waals surface area contributed by atoms with Crippen molar-refractivity contribution >= 4 is 15.9 Å². The molecule has 1 heterocycles. The lowest BCUT2D eigenvalue weighted by Gasteiger charge is -2.26. The largest absolute Gasteiger partial charge is 0.457 e. The molecule has 3 rings (SSSR count). The van der Waals surface area contributed by atoms with E-state index in [2.05, 4.69) is 0 Å². The molecule has 0 aromatic heterocycles. The van der Waals surface area contributed by atoms with E-state index in [1.165, 1.54) is 4.90 Å². The third-order valence-corrected chi connectivity index (χ3v) is 7.03. The summed E-state index contributed by atoms with van der Waals surface area (Å²) >= 11 is 0. The van der Waals surface area contributed by atoms with Crippen molar-refractivity contribution in [2.24, 2.45) is 0 Å². The van der Waals surface area contributed by atoms with E-state index in [1.54, 1.807) is 45.0 Å². The molecule has 1 amide bonds. The smallest absolute Gasteiger partial charge is 0.410 e. The van der Waals surface area contributed by atoms with Gasteiger partial charge in [0.25, 0.3) is 0 Å². The van der Waals surface area contributed by atoms with Gasteiger partial charge in [0.2, 0.25) is 0 Å². The fourth-order valence-electron chi connectivity index (χ4n) is 3.32. The Morgan fingerprint density at radius 3 is 2.10 bits per heavy atom. The zero-order chi connectivity index (χ0) is 21.9. The van der Waals surface area contributed by atoms with Gasteiger partial charge in [-0.2, -0.15) is 0 Å². The summed E-state index contributed by atoms with van der Waals surface area (Å²) in [5.41, 5.74) is 1.24. The van der Waals surface area contributed by atoms with Crippen molar-refractivity contribution in [2.75, 3.05) is 18.8 Å². The van der Waals surface area contributed by atoms with E-state index in [1.807, 2.05) is 31.2 Å².